The van der Waals surface area contributed by atoms with E-state index in [2.05, 4.69) is 33.9 Å². The summed E-state index contributed by atoms with van der Waals surface area (Å²) in [6.45, 7) is 6.23. The van der Waals surface area contributed by atoms with Crippen LogP contribution >= 0.6 is 0 Å². The van der Waals surface area contributed by atoms with Gasteiger partial charge in [-0.25, -0.2) is 14.5 Å². The molecule has 24 heavy (non-hydrogen) atoms. The first-order valence-electron chi connectivity index (χ1n) is 7.95. The highest BCUT2D eigenvalue weighted by atomic mass is 15.3. The lowest BCUT2D eigenvalue weighted by molar-refractivity contribution is 0.795. The molecule has 0 saturated heterocycles. The summed E-state index contributed by atoms with van der Waals surface area (Å²) in [5.74, 6) is 1.25. The Kier molecular flexibility index (Phi) is 3.37. The van der Waals surface area contributed by atoms with Gasteiger partial charge in [0, 0.05) is 23.4 Å². The van der Waals surface area contributed by atoms with Gasteiger partial charge in [-0.1, -0.05) is 19.9 Å². The number of aryl methyl sites for hydroxylation is 1. The van der Waals surface area contributed by atoms with Gasteiger partial charge in [-0.3, -0.25) is 4.98 Å². The first-order valence-corrected chi connectivity index (χ1v) is 7.95. The van der Waals surface area contributed by atoms with E-state index in [0.717, 1.165) is 39.8 Å². The molecule has 0 aliphatic carbocycles. The zero-order valence-electron chi connectivity index (χ0n) is 13.9. The van der Waals surface area contributed by atoms with Crippen LogP contribution in [0, 0.1) is 6.92 Å². The largest absolute Gasteiger partial charge is 0.340 e. The summed E-state index contributed by atoms with van der Waals surface area (Å²) in [4.78, 5) is 17.1. The lowest BCUT2D eigenvalue weighted by Gasteiger charge is -2.04. The number of imidazole rings is 1. The number of aromatic amines is 1. The van der Waals surface area contributed by atoms with Gasteiger partial charge in [0.1, 0.15) is 12.2 Å². The molecule has 6 nitrogen and oxygen atoms in total. The number of H-pyrrole nitrogens is 1. The molecular formula is C18H18N6. The second-order valence-corrected chi connectivity index (χ2v) is 6.15. The number of nitrogens with zero attached hydrogens (tertiary/aromatic N) is 5. The molecule has 1 N–H and O–H groups in total. The molecule has 6 heteroatoms. The summed E-state index contributed by atoms with van der Waals surface area (Å²) in [7, 11) is 0. The van der Waals surface area contributed by atoms with Gasteiger partial charge in [-0.2, -0.15) is 5.10 Å². The SMILES string of the molecule is Cc1cccc(-c2[nH]c(C(C)C)nc2-c2ccc3ncnn3c2)n1. The molecule has 0 spiro atoms. The molecule has 0 atom stereocenters. The first-order chi connectivity index (χ1) is 11.6. The summed E-state index contributed by atoms with van der Waals surface area (Å²) in [6.07, 6.45) is 3.49. The van der Waals surface area contributed by atoms with Crippen molar-refractivity contribution in [2.45, 2.75) is 26.7 Å². The Bertz CT molecular complexity index is 1010. The minimum atomic E-state index is 0.303. The van der Waals surface area contributed by atoms with E-state index in [1.54, 1.807) is 10.8 Å². The molecule has 0 saturated carbocycles. The summed E-state index contributed by atoms with van der Waals surface area (Å²) >= 11 is 0. The van der Waals surface area contributed by atoms with Gasteiger partial charge in [0.05, 0.1) is 17.1 Å². The predicted octanol–water partition coefficient (Wildman–Crippen LogP) is 3.61. The number of rotatable bonds is 3. The van der Waals surface area contributed by atoms with Gasteiger partial charge >= 0.3 is 0 Å². The molecule has 0 aliphatic rings. The van der Waals surface area contributed by atoms with Crippen molar-refractivity contribution < 1.29 is 0 Å². The van der Waals surface area contributed by atoms with E-state index in [1.165, 1.54) is 0 Å². The van der Waals surface area contributed by atoms with E-state index in [-0.39, 0.29) is 0 Å². The maximum Gasteiger partial charge on any atom is 0.155 e. The molecule has 4 rings (SSSR count). The monoisotopic (exact) mass is 318 g/mol. The van der Waals surface area contributed by atoms with Crippen LogP contribution in [0.15, 0.2) is 42.9 Å². The quantitative estimate of drug-likeness (QED) is 0.626. The third kappa shape index (κ3) is 2.46. The average Bonchev–Trinajstić information content (AvgIpc) is 3.21. The van der Waals surface area contributed by atoms with Gasteiger partial charge in [0.15, 0.2) is 5.65 Å². The Morgan fingerprint density at radius 3 is 2.75 bits per heavy atom. The van der Waals surface area contributed by atoms with Crippen molar-refractivity contribution in [1.29, 1.82) is 0 Å². The third-order valence-corrected chi connectivity index (χ3v) is 3.96. The van der Waals surface area contributed by atoms with Crippen LogP contribution in [0.5, 0.6) is 0 Å². The molecule has 4 aromatic rings. The summed E-state index contributed by atoms with van der Waals surface area (Å²) in [5.41, 5.74) is 5.48. The standard InChI is InChI=1S/C18H18N6/c1-11(2)18-22-16(13-7-8-15-19-10-20-24(15)9-13)17(23-18)14-6-4-5-12(3)21-14/h4-11H,1-3H3,(H,22,23). The fraction of sp³-hybridized carbons (Fsp3) is 0.222. The Morgan fingerprint density at radius 2 is 1.96 bits per heavy atom. The maximum absolute atomic E-state index is 4.82. The van der Waals surface area contributed by atoms with Crippen molar-refractivity contribution in [3.63, 3.8) is 0 Å². The lowest BCUT2D eigenvalue weighted by atomic mass is 10.1. The molecule has 120 valence electrons. The van der Waals surface area contributed by atoms with Gasteiger partial charge < -0.3 is 4.98 Å². The van der Waals surface area contributed by atoms with E-state index >= 15 is 0 Å². The highest BCUT2D eigenvalue weighted by molar-refractivity contribution is 5.77. The van der Waals surface area contributed by atoms with E-state index in [1.807, 2.05) is 43.5 Å². The van der Waals surface area contributed by atoms with Crippen LogP contribution in [0.3, 0.4) is 0 Å². The number of pyridine rings is 2. The minimum absolute atomic E-state index is 0.303. The second-order valence-electron chi connectivity index (χ2n) is 6.15. The Labute approximate surface area is 139 Å². The van der Waals surface area contributed by atoms with Gasteiger partial charge in [0.25, 0.3) is 0 Å². The van der Waals surface area contributed by atoms with E-state index in [4.69, 9.17) is 4.98 Å². The van der Waals surface area contributed by atoms with Crippen molar-refractivity contribution in [1.82, 2.24) is 29.5 Å². The minimum Gasteiger partial charge on any atom is -0.340 e. The molecule has 0 unspecified atom stereocenters. The number of hydrogen-bond donors (Lipinski definition) is 1. The van der Waals surface area contributed by atoms with Gasteiger partial charge in [0.2, 0.25) is 0 Å². The number of aromatic nitrogens is 6. The van der Waals surface area contributed by atoms with Crippen molar-refractivity contribution in [2.24, 2.45) is 0 Å². The van der Waals surface area contributed by atoms with Gasteiger partial charge in [-0.05, 0) is 31.2 Å². The van der Waals surface area contributed by atoms with Crippen molar-refractivity contribution in [3.05, 3.63) is 54.4 Å². The molecule has 0 radical (unpaired) electrons. The molecule has 0 aromatic carbocycles. The Balaban J connectivity index is 1.92. The van der Waals surface area contributed by atoms with E-state index in [9.17, 15) is 0 Å². The Hall–Kier alpha value is -3.02. The van der Waals surface area contributed by atoms with E-state index in [0.29, 0.717) is 5.92 Å². The van der Waals surface area contributed by atoms with Crippen LogP contribution in [0.2, 0.25) is 0 Å². The molecule has 0 bridgehead atoms. The number of nitrogens with one attached hydrogen (secondary N) is 1. The van der Waals surface area contributed by atoms with Crippen LogP contribution in [-0.4, -0.2) is 29.5 Å². The predicted molar refractivity (Wildman–Crippen MR) is 92.6 cm³/mol. The molecular weight excluding hydrogens is 300 g/mol. The summed E-state index contributed by atoms with van der Waals surface area (Å²) in [5, 5.41) is 4.22. The van der Waals surface area contributed by atoms with Crippen LogP contribution < -0.4 is 0 Å². The molecule has 0 aliphatic heterocycles. The third-order valence-electron chi connectivity index (χ3n) is 3.96. The summed E-state index contributed by atoms with van der Waals surface area (Å²) in [6, 6.07) is 9.97. The summed E-state index contributed by atoms with van der Waals surface area (Å²) < 4.78 is 1.76. The highest BCUT2D eigenvalue weighted by Gasteiger charge is 2.17. The van der Waals surface area contributed by atoms with Crippen LogP contribution in [0.25, 0.3) is 28.3 Å². The van der Waals surface area contributed by atoms with Crippen molar-refractivity contribution in [2.75, 3.05) is 0 Å². The number of hydrogen-bond acceptors (Lipinski definition) is 4. The topological polar surface area (TPSA) is 71.8 Å². The van der Waals surface area contributed by atoms with E-state index < -0.39 is 0 Å². The zero-order valence-corrected chi connectivity index (χ0v) is 13.9. The van der Waals surface area contributed by atoms with Gasteiger partial charge in [-0.15, -0.1) is 0 Å². The molecule has 4 heterocycles. The Morgan fingerprint density at radius 1 is 1.08 bits per heavy atom. The zero-order chi connectivity index (χ0) is 16.7. The second kappa shape index (κ2) is 5.56. The van der Waals surface area contributed by atoms with Crippen LogP contribution in [0.1, 0.15) is 31.3 Å². The molecule has 0 amide bonds. The fourth-order valence-corrected chi connectivity index (χ4v) is 2.70. The lowest BCUT2D eigenvalue weighted by Crippen LogP contribution is -1.92. The maximum atomic E-state index is 4.82. The van der Waals surface area contributed by atoms with Crippen molar-refractivity contribution >= 4 is 5.65 Å². The van der Waals surface area contributed by atoms with Crippen LogP contribution in [-0.2, 0) is 0 Å². The highest BCUT2D eigenvalue weighted by Crippen LogP contribution is 2.31. The van der Waals surface area contributed by atoms with Crippen molar-refractivity contribution in [3.8, 4) is 22.6 Å². The molecule has 0 fully saturated rings. The normalized spacial score (nSPS) is 11.5. The molecule has 4 aromatic heterocycles. The first kappa shape index (κ1) is 14.6. The fourth-order valence-electron chi connectivity index (χ4n) is 2.70. The number of fused-ring (bicyclic) bond motifs is 1. The smallest absolute Gasteiger partial charge is 0.155 e. The van der Waals surface area contributed by atoms with Crippen LogP contribution in [0.4, 0.5) is 0 Å². The average molecular weight is 318 g/mol.